The van der Waals surface area contributed by atoms with Crippen LogP contribution in [0, 0.1) is 17.6 Å². The van der Waals surface area contributed by atoms with Crippen molar-refractivity contribution < 1.29 is 13.5 Å². The van der Waals surface area contributed by atoms with E-state index >= 15 is 0 Å². The van der Waals surface area contributed by atoms with Crippen molar-refractivity contribution >= 4 is 0 Å². The summed E-state index contributed by atoms with van der Waals surface area (Å²) in [5.41, 5.74) is 0.478. The number of ether oxygens (including phenoxy) is 1. The Morgan fingerprint density at radius 1 is 1.38 bits per heavy atom. The fourth-order valence-electron chi connectivity index (χ4n) is 1.46. The molecular weight excluding hydrogens is 212 g/mol. The van der Waals surface area contributed by atoms with Gasteiger partial charge in [-0.3, -0.25) is 0 Å². The summed E-state index contributed by atoms with van der Waals surface area (Å²) >= 11 is 0. The van der Waals surface area contributed by atoms with Gasteiger partial charge in [-0.2, -0.15) is 0 Å². The molecule has 0 saturated heterocycles. The lowest BCUT2D eigenvalue weighted by molar-refractivity contribution is 0.158. The molecule has 1 unspecified atom stereocenters. The normalized spacial score (nSPS) is 12.8. The summed E-state index contributed by atoms with van der Waals surface area (Å²) in [7, 11) is 1.65. The zero-order chi connectivity index (χ0) is 12.0. The highest BCUT2D eigenvalue weighted by Gasteiger charge is 2.04. The molecule has 0 saturated carbocycles. The van der Waals surface area contributed by atoms with Gasteiger partial charge in [-0.25, -0.2) is 8.78 Å². The molecule has 0 aliphatic rings. The molecule has 4 heteroatoms. The van der Waals surface area contributed by atoms with Gasteiger partial charge in [0.1, 0.15) is 11.6 Å². The molecule has 2 nitrogen and oxygen atoms in total. The first-order valence-corrected chi connectivity index (χ1v) is 5.27. The average molecular weight is 229 g/mol. The Labute approximate surface area is 94.6 Å². The number of methoxy groups -OCH3 is 1. The van der Waals surface area contributed by atoms with Crippen LogP contribution in [0.1, 0.15) is 12.5 Å². The van der Waals surface area contributed by atoms with Gasteiger partial charge in [0.15, 0.2) is 0 Å². The Morgan fingerprint density at radius 2 is 2.12 bits per heavy atom. The van der Waals surface area contributed by atoms with Gasteiger partial charge in [-0.1, -0.05) is 13.0 Å². The molecule has 1 N–H and O–H groups in total. The van der Waals surface area contributed by atoms with Gasteiger partial charge in [-0.05, 0) is 12.0 Å². The highest BCUT2D eigenvalue weighted by atomic mass is 19.1. The predicted molar refractivity (Wildman–Crippen MR) is 59.1 cm³/mol. The van der Waals surface area contributed by atoms with Gasteiger partial charge in [-0.15, -0.1) is 0 Å². The van der Waals surface area contributed by atoms with Crippen LogP contribution in [0.4, 0.5) is 8.78 Å². The van der Waals surface area contributed by atoms with Crippen LogP contribution in [0.15, 0.2) is 18.2 Å². The quantitative estimate of drug-likeness (QED) is 0.808. The standard InChI is InChI=1S/C12H17F2NO/c1-9(8-16-2)6-15-7-10-3-4-11(13)5-12(10)14/h3-5,9,15H,6-8H2,1-2H3. The molecule has 0 heterocycles. The van der Waals surface area contributed by atoms with E-state index in [-0.39, 0.29) is 0 Å². The SMILES string of the molecule is COCC(C)CNCc1ccc(F)cc1F. The lowest BCUT2D eigenvalue weighted by atomic mass is 10.1. The van der Waals surface area contributed by atoms with Gasteiger partial charge in [0.25, 0.3) is 0 Å². The molecule has 0 radical (unpaired) electrons. The molecule has 1 rings (SSSR count). The Balaban J connectivity index is 2.37. The first-order valence-electron chi connectivity index (χ1n) is 5.27. The van der Waals surface area contributed by atoms with E-state index < -0.39 is 11.6 Å². The second-order valence-electron chi connectivity index (χ2n) is 3.93. The van der Waals surface area contributed by atoms with E-state index in [9.17, 15) is 8.78 Å². The first kappa shape index (κ1) is 13.1. The third-order valence-electron chi connectivity index (χ3n) is 2.27. The number of benzene rings is 1. The Hall–Kier alpha value is -1.00. The largest absolute Gasteiger partial charge is 0.384 e. The van der Waals surface area contributed by atoms with Gasteiger partial charge in [0.2, 0.25) is 0 Å². The molecule has 16 heavy (non-hydrogen) atoms. The molecule has 0 amide bonds. The summed E-state index contributed by atoms with van der Waals surface area (Å²) in [6, 6.07) is 3.62. The summed E-state index contributed by atoms with van der Waals surface area (Å²) in [4.78, 5) is 0. The van der Waals surface area contributed by atoms with Crippen molar-refractivity contribution in [1.29, 1.82) is 0 Å². The van der Waals surface area contributed by atoms with Crippen LogP contribution in [-0.4, -0.2) is 20.3 Å². The molecule has 0 aliphatic heterocycles. The van der Waals surface area contributed by atoms with Crippen LogP contribution >= 0.6 is 0 Å². The Kier molecular flexibility index (Phi) is 5.35. The number of halogens is 2. The van der Waals surface area contributed by atoms with Gasteiger partial charge in [0.05, 0.1) is 0 Å². The van der Waals surface area contributed by atoms with Gasteiger partial charge >= 0.3 is 0 Å². The van der Waals surface area contributed by atoms with E-state index in [1.54, 1.807) is 7.11 Å². The highest BCUT2D eigenvalue weighted by Crippen LogP contribution is 2.09. The molecule has 0 bridgehead atoms. The third kappa shape index (κ3) is 4.24. The van der Waals surface area contributed by atoms with Crippen LogP contribution in [0.5, 0.6) is 0 Å². The van der Waals surface area contributed by atoms with Crippen molar-refractivity contribution in [2.75, 3.05) is 20.3 Å². The van der Waals surface area contributed by atoms with Crippen molar-refractivity contribution in [3.63, 3.8) is 0 Å². The highest BCUT2D eigenvalue weighted by molar-refractivity contribution is 5.18. The number of hydrogen-bond acceptors (Lipinski definition) is 2. The minimum Gasteiger partial charge on any atom is -0.384 e. The monoisotopic (exact) mass is 229 g/mol. The lowest BCUT2D eigenvalue weighted by Crippen LogP contribution is -2.23. The minimum absolute atomic E-state index is 0.369. The smallest absolute Gasteiger partial charge is 0.130 e. The second kappa shape index (κ2) is 6.55. The van der Waals surface area contributed by atoms with E-state index in [2.05, 4.69) is 5.32 Å². The predicted octanol–water partition coefficient (Wildman–Crippen LogP) is 2.34. The van der Waals surface area contributed by atoms with Crippen molar-refractivity contribution in [3.8, 4) is 0 Å². The van der Waals surface area contributed by atoms with Crippen molar-refractivity contribution in [1.82, 2.24) is 5.32 Å². The van der Waals surface area contributed by atoms with Crippen LogP contribution in [0.25, 0.3) is 0 Å². The molecule has 1 aromatic carbocycles. The summed E-state index contributed by atoms with van der Waals surface area (Å²) in [6.45, 7) is 3.85. The summed E-state index contributed by atoms with van der Waals surface area (Å²) < 4.78 is 30.8. The maximum absolute atomic E-state index is 13.2. The minimum atomic E-state index is -0.547. The van der Waals surface area contributed by atoms with Crippen molar-refractivity contribution in [2.45, 2.75) is 13.5 Å². The Morgan fingerprint density at radius 3 is 2.75 bits per heavy atom. The molecule has 0 spiro atoms. The zero-order valence-electron chi connectivity index (χ0n) is 9.59. The molecular formula is C12H17F2NO. The lowest BCUT2D eigenvalue weighted by Gasteiger charge is -2.11. The van der Waals surface area contributed by atoms with E-state index in [1.165, 1.54) is 12.1 Å². The van der Waals surface area contributed by atoms with E-state index in [0.717, 1.165) is 12.6 Å². The number of rotatable bonds is 6. The van der Waals surface area contributed by atoms with E-state index in [4.69, 9.17) is 4.74 Å². The second-order valence-corrected chi connectivity index (χ2v) is 3.93. The summed E-state index contributed by atoms with van der Waals surface area (Å²) in [6.07, 6.45) is 0. The zero-order valence-corrected chi connectivity index (χ0v) is 9.59. The Bertz CT molecular complexity index is 331. The molecule has 0 fully saturated rings. The number of nitrogens with one attached hydrogen (secondary N) is 1. The average Bonchev–Trinajstić information content (AvgIpc) is 2.22. The third-order valence-corrected chi connectivity index (χ3v) is 2.27. The van der Waals surface area contributed by atoms with Crippen LogP contribution in [0.3, 0.4) is 0 Å². The molecule has 0 aromatic heterocycles. The van der Waals surface area contributed by atoms with Crippen molar-refractivity contribution in [3.05, 3.63) is 35.4 Å². The topological polar surface area (TPSA) is 21.3 Å². The van der Waals surface area contributed by atoms with Crippen LogP contribution in [0.2, 0.25) is 0 Å². The number of hydrogen-bond donors (Lipinski definition) is 1. The fraction of sp³-hybridized carbons (Fsp3) is 0.500. The molecule has 90 valence electrons. The molecule has 0 aliphatic carbocycles. The molecule has 1 aromatic rings. The van der Waals surface area contributed by atoms with Crippen LogP contribution < -0.4 is 5.32 Å². The van der Waals surface area contributed by atoms with E-state index in [0.29, 0.717) is 24.6 Å². The fourth-order valence-corrected chi connectivity index (χ4v) is 1.46. The summed E-state index contributed by atoms with van der Waals surface area (Å²) in [5.74, 6) is -0.686. The van der Waals surface area contributed by atoms with E-state index in [1.807, 2.05) is 6.92 Å². The summed E-state index contributed by atoms with van der Waals surface area (Å²) in [5, 5.41) is 3.10. The van der Waals surface area contributed by atoms with Crippen LogP contribution in [-0.2, 0) is 11.3 Å². The maximum Gasteiger partial charge on any atom is 0.130 e. The molecule has 1 atom stereocenters. The maximum atomic E-state index is 13.2. The van der Waals surface area contributed by atoms with Gasteiger partial charge < -0.3 is 10.1 Å². The first-order chi connectivity index (χ1) is 7.63. The van der Waals surface area contributed by atoms with Gasteiger partial charge in [0, 0.05) is 38.4 Å². The van der Waals surface area contributed by atoms with Crippen molar-refractivity contribution in [2.24, 2.45) is 5.92 Å².